The van der Waals surface area contributed by atoms with Crippen LogP contribution in [0.3, 0.4) is 0 Å². The molecular formula is C26H34N2O2S. The van der Waals surface area contributed by atoms with Crippen LogP contribution in [0.1, 0.15) is 74.8 Å². The first-order valence-electron chi connectivity index (χ1n) is 11.5. The lowest BCUT2D eigenvalue weighted by Crippen LogP contribution is -2.27. The number of anilines is 2. The number of hydrogen-bond acceptors (Lipinski definition) is 3. The zero-order valence-electron chi connectivity index (χ0n) is 18.7. The van der Waals surface area contributed by atoms with Crippen LogP contribution in [0, 0.1) is 6.92 Å². The Balaban J connectivity index is 1.57. The molecule has 0 radical (unpaired) electrons. The Hall–Kier alpha value is -2.27. The normalized spacial score (nSPS) is 16.0. The number of carbonyl (C=O) groups is 2. The third kappa shape index (κ3) is 6.86. The molecule has 5 heteroatoms. The van der Waals surface area contributed by atoms with Gasteiger partial charge in [-0.3, -0.25) is 14.5 Å². The predicted molar refractivity (Wildman–Crippen MR) is 132 cm³/mol. The Kier molecular flexibility index (Phi) is 9.01. The summed E-state index contributed by atoms with van der Waals surface area (Å²) in [6.07, 6.45) is 8.97. The van der Waals surface area contributed by atoms with Crippen molar-refractivity contribution in [1.82, 2.24) is 0 Å². The van der Waals surface area contributed by atoms with Crippen molar-refractivity contribution in [2.24, 2.45) is 0 Å². The van der Waals surface area contributed by atoms with Crippen molar-refractivity contribution in [1.29, 1.82) is 0 Å². The molecule has 1 fully saturated rings. The molecule has 0 aliphatic carbocycles. The summed E-state index contributed by atoms with van der Waals surface area (Å²) < 4.78 is 0. The van der Waals surface area contributed by atoms with Crippen molar-refractivity contribution in [2.45, 2.75) is 70.6 Å². The van der Waals surface area contributed by atoms with E-state index >= 15 is 0 Å². The van der Waals surface area contributed by atoms with Gasteiger partial charge in [-0.15, -0.1) is 11.8 Å². The standard InChI is InChI=1S/C26H34N2O2S/c1-3-4-5-6-7-8-9-16-24(29)27-22-14-11-13-21(18-22)26-28(25(30)19-31-26)23-15-10-12-20(2)17-23/h10-15,17-18,26H,3-9,16,19H2,1-2H3,(H,27,29). The number of carbonyl (C=O) groups excluding carboxylic acids is 2. The number of nitrogens with zero attached hydrogens (tertiary/aromatic N) is 1. The number of nitrogens with one attached hydrogen (secondary N) is 1. The van der Waals surface area contributed by atoms with Gasteiger partial charge < -0.3 is 5.32 Å². The van der Waals surface area contributed by atoms with Crippen LogP contribution >= 0.6 is 11.8 Å². The summed E-state index contributed by atoms with van der Waals surface area (Å²) in [5.74, 6) is 0.651. The van der Waals surface area contributed by atoms with Gasteiger partial charge in [0.2, 0.25) is 11.8 Å². The molecule has 2 aromatic carbocycles. The van der Waals surface area contributed by atoms with Gasteiger partial charge in [0.05, 0.1) is 5.75 Å². The number of amides is 2. The van der Waals surface area contributed by atoms with Gasteiger partial charge in [-0.25, -0.2) is 0 Å². The Labute approximate surface area is 190 Å². The van der Waals surface area contributed by atoms with E-state index in [1.807, 2.05) is 60.4 Å². The van der Waals surface area contributed by atoms with Crippen LogP contribution in [-0.4, -0.2) is 17.6 Å². The third-order valence-electron chi connectivity index (χ3n) is 5.61. The molecule has 31 heavy (non-hydrogen) atoms. The second-order valence-electron chi connectivity index (χ2n) is 8.31. The highest BCUT2D eigenvalue weighted by atomic mass is 32.2. The number of rotatable bonds is 11. The zero-order chi connectivity index (χ0) is 22.1. The number of unbranched alkanes of at least 4 members (excludes halogenated alkanes) is 6. The van der Waals surface area contributed by atoms with Crippen LogP contribution in [0.4, 0.5) is 11.4 Å². The molecule has 1 aliphatic heterocycles. The minimum Gasteiger partial charge on any atom is -0.326 e. The maximum atomic E-state index is 12.6. The van der Waals surface area contributed by atoms with E-state index in [-0.39, 0.29) is 17.2 Å². The molecule has 1 aliphatic rings. The van der Waals surface area contributed by atoms with Gasteiger partial charge in [-0.1, -0.05) is 69.7 Å². The largest absolute Gasteiger partial charge is 0.326 e. The van der Waals surface area contributed by atoms with Crippen molar-refractivity contribution < 1.29 is 9.59 Å². The van der Waals surface area contributed by atoms with Crippen molar-refractivity contribution in [2.75, 3.05) is 16.0 Å². The van der Waals surface area contributed by atoms with Crippen molar-refractivity contribution in [3.8, 4) is 0 Å². The topological polar surface area (TPSA) is 49.4 Å². The lowest BCUT2D eigenvalue weighted by Gasteiger charge is -2.25. The van der Waals surface area contributed by atoms with Gasteiger partial charge >= 0.3 is 0 Å². The average Bonchev–Trinajstić information content (AvgIpc) is 3.15. The van der Waals surface area contributed by atoms with Crippen LogP contribution < -0.4 is 10.2 Å². The highest BCUT2D eigenvalue weighted by Gasteiger charge is 2.34. The fraction of sp³-hybridized carbons (Fsp3) is 0.462. The van der Waals surface area contributed by atoms with Crippen molar-refractivity contribution in [3.05, 3.63) is 59.7 Å². The van der Waals surface area contributed by atoms with E-state index in [1.54, 1.807) is 11.8 Å². The highest BCUT2D eigenvalue weighted by Crippen LogP contribution is 2.42. The number of hydrogen-bond donors (Lipinski definition) is 1. The molecule has 166 valence electrons. The fourth-order valence-electron chi connectivity index (χ4n) is 3.96. The number of benzene rings is 2. The summed E-state index contributed by atoms with van der Waals surface area (Å²) in [7, 11) is 0. The van der Waals surface area contributed by atoms with E-state index in [9.17, 15) is 9.59 Å². The van der Waals surface area contributed by atoms with Crippen LogP contribution in [0.15, 0.2) is 48.5 Å². The summed E-state index contributed by atoms with van der Waals surface area (Å²) in [5, 5.41) is 2.97. The highest BCUT2D eigenvalue weighted by molar-refractivity contribution is 8.00. The summed E-state index contributed by atoms with van der Waals surface area (Å²) in [6.45, 7) is 4.26. The van der Waals surface area contributed by atoms with E-state index in [0.717, 1.165) is 35.3 Å². The molecule has 0 spiro atoms. The SMILES string of the molecule is CCCCCCCCCC(=O)Nc1cccc(C2SCC(=O)N2c2cccc(C)c2)c1. The van der Waals surface area contributed by atoms with E-state index in [0.29, 0.717) is 12.2 Å². The molecule has 0 bridgehead atoms. The number of aryl methyl sites for hydroxylation is 1. The Bertz CT molecular complexity index is 883. The smallest absolute Gasteiger partial charge is 0.238 e. The molecule has 1 unspecified atom stereocenters. The van der Waals surface area contributed by atoms with Gasteiger partial charge in [0.25, 0.3) is 0 Å². The van der Waals surface area contributed by atoms with E-state index in [1.165, 1.54) is 32.1 Å². The maximum absolute atomic E-state index is 12.6. The summed E-state index contributed by atoms with van der Waals surface area (Å²) in [4.78, 5) is 26.8. The van der Waals surface area contributed by atoms with Gasteiger partial charge in [-0.2, -0.15) is 0 Å². The molecule has 0 aromatic heterocycles. The van der Waals surface area contributed by atoms with Gasteiger partial charge in [-0.05, 0) is 48.7 Å². The summed E-state index contributed by atoms with van der Waals surface area (Å²) in [5.41, 5.74) is 3.89. The molecule has 3 rings (SSSR count). The summed E-state index contributed by atoms with van der Waals surface area (Å²) in [6, 6.07) is 16.0. The van der Waals surface area contributed by atoms with Gasteiger partial charge in [0, 0.05) is 17.8 Å². The Morgan fingerprint density at radius 1 is 1.03 bits per heavy atom. The molecule has 1 saturated heterocycles. The first-order chi connectivity index (χ1) is 15.1. The van der Waals surface area contributed by atoms with Crippen LogP contribution in [-0.2, 0) is 9.59 Å². The molecule has 0 saturated carbocycles. The van der Waals surface area contributed by atoms with Crippen LogP contribution in [0.2, 0.25) is 0 Å². The molecule has 1 heterocycles. The van der Waals surface area contributed by atoms with Crippen LogP contribution in [0.25, 0.3) is 0 Å². The average molecular weight is 439 g/mol. The minimum atomic E-state index is -0.0747. The third-order valence-corrected chi connectivity index (χ3v) is 6.82. The summed E-state index contributed by atoms with van der Waals surface area (Å²) >= 11 is 1.63. The number of thioether (sulfide) groups is 1. The van der Waals surface area contributed by atoms with Crippen molar-refractivity contribution in [3.63, 3.8) is 0 Å². The van der Waals surface area contributed by atoms with E-state index < -0.39 is 0 Å². The first kappa shape index (κ1) is 23.4. The first-order valence-corrected chi connectivity index (χ1v) is 12.5. The second-order valence-corrected chi connectivity index (χ2v) is 9.38. The lowest BCUT2D eigenvalue weighted by atomic mass is 10.1. The Morgan fingerprint density at radius 3 is 2.55 bits per heavy atom. The quantitative estimate of drug-likeness (QED) is 0.390. The lowest BCUT2D eigenvalue weighted by molar-refractivity contribution is -0.117. The predicted octanol–water partition coefficient (Wildman–Crippen LogP) is 6.85. The Morgan fingerprint density at radius 2 is 1.77 bits per heavy atom. The molecular weight excluding hydrogens is 404 g/mol. The van der Waals surface area contributed by atoms with Gasteiger partial charge in [0.15, 0.2) is 0 Å². The van der Waals surface area contributed by atoms with E-state index in [4.69, 9.17) is 0 Å². The van der Waals surface area contributed by atoms with Gasteiger partial charge in [0.1, 0.15) is 5.37 Å². The zero-order valence-corrected chi connectivity index (χ0v) is 19.5. The fourth-order valence-corrected chi connectivity index (χ4v) is 5.13. The maximum Gasteiger partial charge on any atom is 0.238 e. The van der Waals surface area contributed by atoms with Crippen LogP contribution in [0.5, 0.6) is 0 Å². The molecule has 1 atom stereocenters. The molecule has 2 aromatic rings. The van der Waals surface area contributed by atoms with E-state index in [2.05, 4.69) is 12.2 Å². The van der Waals surface area contributed by atoms with Crippen molar-refractivity contribution >= 4 is 35.0 Å². The molecule has 1 N–H and O–H groups in total. The molecule has 4 nitrogen and oxygen atoms in total. The second kappa shape index (κ2) is 11.9. The molecule has 2 amide bonds. The minimum absolute atomic E-state index is 0.0661. The monoisotopic (exact) mass is 438 g/mol.